The molecule has 2 aromatic rings. The summed E-state index contributed by atoms with van der Waals surface area (Å²) in [6, 6.07) is 11.3. The van der Waals surface area contributed by atoms with Gasteiger partial charge in [-0.25, -0.2) is 0 Å². The van der Waals surface area contributed by atoms with Crippen LogP contribution in [-0.4, -0.2) is 43.2 Å². The first-order valence-electron chi connectivity index (χ1n) is 8.50. The summed E-state index contributed by atoms with van der Waals surface area (Å²) < 4.78 is 4.94. The fourth-order valence-corrected chi connectivity index (χ4v) is 3.51. The van der Waals surface area contributed by atoms with Gasteiger partial charge in [0.25, 0.3) is 5.91 Å². The van der Waals surface area contributed by atoms with Crippen LogP contribution in [0.3, 0.4) is 0 Å². The third-order valence-corrected chi connectivity index (χ3v) is 4.89. The van der Waals surface area contributed by atoms with Crippen molar-refractivity contribution in [2.45, 2.75) is 18.2 Å². The predicted octanol–water partition coefficient (Wildman–Crippen LogP) is 2.77. The molecule has 0 bridgehead atoms. The second kappa shape index (κ2) is 10.8. The van der Waals surface area contributed by atoms with E-state index in [0.717, 1.165) is 22.1 Å². The summed E-state index contributed by atoms with van der Waals surface area (Å²) in [7, 11) is 0. The quantitative estimate of drug-likeness (QED) is 0.492. The van der Waals surface area contributed by atoms with Crippen LogP contribution in [0.25, 0.3) is 10.8 Å². The van der Waals surface area contributed by atoms with E-state index in [1.165, 1.54) is 11.8 Å². The Morgan fingerprint density at radius 3 is 2.56 bits per heavy atom. The van der Waals surface area contributed by atoms with Gasteiger partial charge in [-0.05, 0) is 23.9 Å². The number of esters is 1. The van der Waals surface area contributed by atoms with Crippen LogP contribution in [0, 0.1) is 0 Å². The molecule has 2 amide bonds. The lowest BCUT2D eigenvalue weighted by atomic mass is 10.1. The highest BCUT2D eigenvalue weighted by Crippen LogP contribution is 2.33. The van der Waals surface area contributed by atoms with Crippen molar-refractivity contribution in [1.29, 1.82) is 0 Å². The monoisotopic (exact) mass is 408 g/mol. The number of ether oxygens (including phenoxy) is 1. The minimum Gasteiger partial charge on any atom is -0.455 e. The second-order valence-corrected chi connectivity index (χ2v) is 7.09. The number of halogens is 1. The van der Waals surface area contributed by atoms with Crippen LogP contribution in [-0.2, 0) is 19.1 Å². The maximum Gasteiger partial charge on any atom is 0.316 e. The molecule has 0 fully saturated rings. The van der Waals surface area contributed by atoms with Gasteiger partial charge in [0, 0.05) is 21.8 Å². The summed E-state index contributed by atoms with van der Waals surface area (Å²) in [5, 5.41) is 7.52. The maximum atomic E-state index is 11.9. The fourth-order valence-electron chi connectivity index (χ4n) is 2.26. The van der Waals surface area contributed by atoms with E-state index in [0.29, 0.717) is 11.6 Å². The molecular weight excluding hydrogens is 388 g/mol. The molecule has 0 spiro atoms. The van der Waals surface area contributed by atoms with Gasteiger partial charge in [0.1, 0.15) is 0 Å². The maximum absolute atomic E-state index is 11.9. The summed E-state index contributed by atoms with van der Waals surface area (Å²) in [6.07, 6.45) is 0.816. The standard InChI is InChI=1S/C19H21ClN2O4S/c1-2-9-21-16(23)10-22-17(24)11-26-18(25)12-27-15-8-4-6-13-5-3-7-14(20)19(13)15/h3-8H,2,9-12H2,1H3,(H,21,23)(H,22,24). The average molecular weight is 409 g/mol. The van der Waals surface area contributed by atoms with E-state index in [9.17, 15) is 14.4 Å². The van der Waals surface area contributed by atoms with Gasteiger partial charge in [0.15, 0.2) is 6.61 Å². The summed E-state index contributed by atoms with van der Waals surface area (Å²) >= 11 is 7.55. The second-order valence-electron chi connectivity index (χ2n) is 5.67. The van der Waals surface area contributed by atoms with Crippen molar-refractivity contribution < 1.29 is 19.1 Å². The van der Waals surface area contributed by atoms with Crippen molar-refractivity contribution >= 4 is 51.9 Å². The summed E-state index contributed by atoms with van der Waals surface area (Å²) in [4.78, 5) is 35.8. The molecule has 0 aliphatic carbocycles. The predicted molar refractivity (Wildman–Crippen MR) is 107 cm³/mol. The summed E-state index contributed by atoms with van der Waals surface area (Å²) in [5.41, 5.74) is 0. The van der Waals surface area contributed by atoms with E-state index >= 15 is 0 Å². The molecule has 6 nitrogen and oxygen atoms in total. The minimum absolute atomic E-state index is 0.0502. The van der Waals surface area contributed by atoms with Crippen molar-refractivity contribution in [3.8, 4) is 0 Å². The first-order chi connectivity index (χ1) is 13.0. The molecule has 8 heteroatoms. The molecule has 2 aromatic carbocycles. The molecule has 0 aliphatic rings. The van der Waals surface area contributed by atoms with Crippen LogP contribution in [0.1, 0.15) is 13.3 Å². The third kappa shape index (κ3) is 6.77. The molecule has 0 saturated heterocycles. The Balaban J connectivity index is 1.77. The van der Waals surface area contributed by atoms with Crippen molar-refractivity contribution in [2.75, 3.05) is 25.4 Å². The first-order valence-corrected chi connectivity index (χ1v) is 9.86. The van der Waals surface area contributed by atoms with E-state index in [4.69, 9.17) is 16.3 Å². The number of benzene rings is 2. The number of carbonyl (C=O) groups excluding carboxylic acids is 3. The highest BCUT2D eigenvalue weighted by molar-refractivity contribution is 8.00. The van der Waals surface area contributed by atoms with Crippen LogP contribution in [0.2, 0.25) is 5.02 Å². The molecule has 0 heterocycles. The fraction of sp³-hybridized carbons (Fsp3) is 0.316. The molecule has 27 heavy (non-hydrogen) atoms. The van der Waals surface area contributed by atoms with Gasteiger partial charge < -0.3 is 15.4 Å². The lowest BCUT2D eigenvalue weighted by Gasteiger charge is -2.09. The highest BCUT2D eigenvalue weighted by atomic mass is 35.5. The number of carbonyl (C=O) groups is 3. The number of amides is 2. The topological polar surface area (TPSA) is 84.5 Å². The van der Waals surface area contributed by atoms with E-state index in [-0.39, 0.29) is 18.2 Å². The lowest BCUT2D eigenvalue weighted by molar-refractivity contribution is -0.146. The Kier molecular flexibility index (Phi) is 8.42. The molecule has 0 unspecified atom stereocenters. The normalized spacial score (nSPS) is 10.4. The Hall–Kier alpha value is -2.25. The molecule has 0 saturated carbocycles. The number of nitrogens with one attached hydrogen (secondary N) is 2. The Morgan fingerprint density at radius 1 is 1.07 bits per heavy atom. The lowest BCUT2D eigenvalue weighted by Crippen LogP contribution is -2.39. The Bertz CT molecular complexity index is 823. The van der Waals surface area contributed by atoms with Crippen molar-refractivity contribution in [2.24, 2.45) is 0 Å². The zero-order valence-electron chi connectivity index (χ0n) is 14.9. The molecule has 2 rings (SSSR count). The van der Waals surface area contributed by atoms with E-state index < -0.39 is 18.5 Å². The van der Waals surface area contributed by atoms with Crippen molar-refractivity contribution in [1.82, 2.24) is 10.6 Å². The molecule has 0 atom stereocenters. The van der Waals surface area contributed by atoms with Gasteiger partial charge in [0.2, 0.25) is 5.91 Å². The van der Waals surface area contributed by atoms with Gasteiger partial charge in [-0.1, -0.05) is 42.8 Å². The third-order valence-electron chi connectivity index (χ3n) is 3.54. The van der Waals surface area contributed by atoms with Crippen LogP contribution < -0.4 is 10.6 Å². The van der Waals surface area contributed by atoms with Crippen molar-refractivity contribution in [3.05, 3.63) is 41.4 Å². The molecule has 0 radical (unpaired) electrons. The molecule has 0 aliphatic heterocycles. The highest BCUT2D eigenvalue weighted by Gasteiger charge is 2.11. The van der Waals surface area contributed by atoms with E-state index in [1.54, 1.807) is 6.07 Å². The van der Waals surface area contributed by atoms with Gasteiger partial charge in [-0.2, -0.15) is 0 Å². The number of thioether (sulfide) groups is 1. The number of hydrogen-bond donors (Lipinski definition) is 2. The number of rotatable bonds is 9. The molecular formula is C19H21ClN2O4S. The summed E-state index contributed by atoms with van der Waals surface area (Å²) in [6.45, 7) is 1.93. The number of fused-ring (bicyclic) bond motifs is 1. The summed E-state index contributed by atoms with van der Waals surface area (Å²) in [5.74, 6) is -1.27. The van der Waals surface area contributed by atoms with Crippen LogP contribution in [0.15, 0.2) is 41.3 Å². The molecule has 144 valence electrons. The largest absolute Gasteiger partial charge is 0.455 e. The number of hydrogen-bond acceptors (Lipinski definition) is 5. The Morgan fingerprint density at radius 2 is 1.81 bits per heavy atom. The van der Waals surface area contributed by atoms with E-state index in [2.05, 4.69) is 10.6 Å². The molecule has 2 N–H and O–H groups in total. The van der Waals surface area contributed by atoms with Gasteiger partial charge in [-0.3, -0.25) is 14.4 Å². The van der Waals surface area contributed by atoms with E-state index in [1.807, 2.05) is 37.3 Å². The van der Waals surface area contributed by atoms with Gasteiger partial charge in [-0.15, -0.1) is 11.8 Å². The van der Waals surface area contributed by atoms with Crippen molar-refractivity contribution in [3.63, 3.8) is 0 Å². The smallest absolute Gasteiger partial charge is 0.316 e. The average Bonchev–Trinajstić information content (AvgIpc) is 2.67. The van der Waals surface area contributed by atoms with Gasteiger partial charge in [0.05, 0.1) is 12.3 Å². The Labute approximate surface area is 167 Å². The zero-order chi connectivity index (χ0) is 19.6. The van der Waals surface area contributed by atoms with Crippen LogP contribution >= 0.6 is 23.4 Å². The van der Waals surface area contributed by atoms with Crippen LogP contribution in [0.4, 0.5) is 0 Å². The zero-order valence-corrected chi connectivity index (χ0v) is 16.5. The van der Waals surface area contributed by atoms with Gasteiger partial charge >= 0.3 is 5.97 Å². The first kappa shape index (κ1) is 21.1. The minimum atomic E-state index is -0.520. The SMILES string of the molecule is CCCNC(=O)CNC(=O)COC(=O)CSc1cccc2cccc(Cl)c12. The molecule has 0 aromatic heterocycles. The van der Waals surface area contributed by atoms with Crippen LogP contribution in [0.5, 0.6) is 0 Å².